The number of halogens is 1. The van der Waals surface area contributed by atoms with E-state index in [2.05, 4.69) is 40.0 Å². The van der Waals surface area contributed by atoms with Crippen LogP contribution >= 0.6 is 23.4 Å². The smallest absolute Gasteiger partial charge is 0.195 e. The molecule has 164 valence electrons. The second-order valence-corrected chi connectivity index (χ2v) is 9.83. The molecule has 1 fully saturated rings. The van der Waals surface area contributed by atoms with Gasteiger partial charge in [0.15, 0.2) is 5.96 Å². The van der Waals surface area contributed by atoms with Gasteiger partial charge in [0, 0.05) is 30.2 Å². The summed E-state index contributed by atoms with van der Waals surface area (Å²) in [5.74, 6) is 0.728. The number of aliphatic imine (C=N–C) groups is 1. The van der Waals surface area contributed by atoms with Gasteiger partial charge in [-0.15, -0.1) is 0 Å². The van der Waals surface area contributed by atoms with Gasteiger partial charge in [-0.1, -0.05) is 47.1 Å². The Morgan fingerprint density at radius 2 is 2.03 bits per heavy atom. The minimum absolute atomic E-state index is 0.0768. The normalized spacial score (nSPS) is 20.9. The van der Waals surface area contributed by atoms with E-state index in [1.54, 1.807) is 18.5 Å². The van der Waals surface area contributed by atoms with E-state index in [0.717, 1.165) is 37.2 Å². The first-order valence-corrected chi connectivity index (χ1v) is 11.5. The lowest BCUT2D eigenvalue weighted by Gasteiger charge is -2.42. The largest absolute Gasteiger partial charge is 0.392 e. The van der Waals surface area contributed by atoms with Gasteiger partial charge in [0.2, 0.25) is 0 Å². The molecule has 8 N–H and O–H groups in total. The Morgan fingerprint density at radius 1 is 1.29 bits per heavy atom. The van der Waals surface area contributed by atoms with Crippen molar-refractivity contribution in [3.63, 3.8) is 0 Å². The van der Waals surface area contributed by atoms with Gasteiger partial charge in [0.25, 0.3) is 0 Å². The van der Waals surface area contributed by atoms with Crippen LogP contribution in [0.2, 0.25) is 5.02 Å². The Kier molecular flexibility index (Phi) is 6.05. The Balaban J connectivity index is 1.39. The van der Waals surface area contributed by atoms with Gasteiger partial charge in [-0.25, -0.2) is 9.98 Å². The van der Waals surface area contributed by atoms with Gasteiger partial charge in [0.1, 0.15) is 5.82 Å². The molecule has 0 amide bonds. The predicted octanol–water partition coefficient (Wildman–Crippen LogP) is 3.13. The third-order valence-corrected chi connectivity index (χ3v) is 7.76. The molecule has 9 heteroatoms. The summed E-state index contributed by atoms with van der Waals surface area (Å²) in [4.78, 5) is 11.1. The second kappa shape index (κ2) is 8.61. The molecule has 1 unspecified atom stereocenters. The molecule has 1 saturated heterocycles. The number of aromatic nitrogens is 1. The first-order chi connectivity index (χ1) is 14.8. The maximum atomic E-state index is 6.69. The summed E-state index contributed by atoms with van der Waals surface area (Å²) in [6, 6.07) is 8.46. The summed E-state index contributed by atoms with van der Waals surface area (Å²) in [5, 5.41) is 0.846. The maximum absolute atomic E-state index is 6.69. The number of thioether (sulfide) groups is 1. The number of fused-ring (bicyclic) bond motifs is 1. The summed E-state index contributed by atoms with van der Waals surface area (Å²) < 4.78 is 0. The second-order valence-electron chi connectivity index (χ2n) is 8.34. The number of pyridine rings is 1. The molecule has 31 heavy (non-hydrogen) atoms. The Labute approximate surface area is 191 Å². The fourth-order valence-corrected chi connectivity index (χ4v) is 5.47. The lowest BCUT2D eigenvalue weighted by Crippen LogP contribution is -2.48. The van der Waals surface area contributed by atoms with Crippen molar-refractivity contribution in [3.05, 3.63) is 63.4 Å². The van der Waals surface area contributed by atoms with Crippen molar-refractivity contribution in [3.8, 4) is 0 Å². The maximum Gasteiger partial charge on any atom is 0.195 e. The molecule has 4 rings (SSSR count). The molecule has 1 aromatic carbocycles. The molecule has 1 spiro atoms. The molecule has 0 radical (unpaired) electrons. The molecular weight excluding hydrogens is 430 g/mol. The van der Waals surface area contributed by atoms with Crippen molar-refractivity contribution in [2.45, 2.75) is 37.1 Å². The van der Waals surface area contributed by atoms with Gasteiger partial charge >= 0.3 is 0 Å². The molecule has 1 aliphatic heterocycles. The average Bonchev–Trinajstić information content (AvgIpc) is 3.00. The van der Waals surface area contributed by atoms with E-state index in [0.29, 0.717) is 16.0 Å². The summed E-state index contributed by atoms with van der Waals surface area (Å²) >= 11 is 7.44. The number of aryl methyl sites for hydroxylation is 1. The summed E-state index contributed by atoms with van der Waals surface area (Å²) in [5.41, 5.74) is 28.8. The molecule has 1 aliphatic carbocycles. The van der Waals surface area contributed by atoms with E-state index >= 15 is 0 Å². The summed E-state index contributed by atoms with van der Waals surface area (Å²) in [7, 11) is 0. The Morgan fingerprint density at radius 3 is 2.77 bits per heavy atom. The van der Waals surface area contributed by atoms with Crippen molar-refractivity contribution in [1.82, 2.24) is 9.88 Å². The fraction of sp³-hybridized carbons (Fsp3) is 0.364. The molecule has 2 aliphatic rings. The minimum Gasteiger partial charge on any atom is -0.392 e. The summed E-state index contributed by atoms with van der Waals surface area (Å²) in [6.45, 7) is 3.78. The number of nitrogen functional groups attached to an aromatic ring is 1. The highest BCUT2D eigenvalue weighted by Crippen LogP contribution is 2.50. The Hall–Kier alpha value is -2.42. The fourth-order valence-electron chi connectivity index (χ4n) is 4.56. The number of hydrogen-bond acceptors (Lipinski definition) is 6. The number of hydrogen-bond donors (Lipinski definition) is 4. The van der Waals surface area contributed by atoms with Gasteiger partial charge < -0.3 is 27.8 Å². The van der Waals surface area contributed by atoms with E-state index in [9.17, 15) is 0 Å². The number of nitrogens with two attached hydrogens (primary N) is 4. The highest BCUT2D eigenvalue weighted by atomic mass is 35.5. The van der Waals surface area contributed by atoms with Gasteiger partial charge in [0.05, 0.1) is 16.3 Å². The number of anilines is 1. The number of piperidine rings is 1. The number of nitrogens with zero attached hydrogens (tertiary/aromatic N) is 3. The highest BCUT2D eigenvalue weighted by molar-refractivity contribution is 8.03. The van der Waals surface area contributed by atoms with E-state index in [4.69, 9.17) is 34.5 Å². The van der Waals surface area contributed by atoms with Crippen LogP contribution in [0.25, 0.3) is 0 Å². The van der Waals surface area contributed by atoms with Gasteiger partial charge in [-0.05, 0) is 48.8 Å². The first kappa shape index (κ1) is 21.8. The van der Waals surface area contributed by atoms with E-state index in [-0.39, 0.29) is 17.3 Å². The molecule has 2 aromatic rings. The molecular formula is C22H28ClN7S. The lowest BCUT2D eigenvalue weighted by molar-refractivity contribution is 0.127. The Bertz CT molecular complexity index is 1040. The van der Waals surface area contributed by atoms with E-state index in [1.807, 2.05) is 0 Å². The molecule has 0 bridgehead atoms. The first-order valence-electron chi connectivity index (χ1n) is 10.3. The zero-order valence-corrected chi connectivity index (χ0v) is 19.1. The standard InChI is InChI=1S/C22H28ClN7S/c1-13-2-3-15-14(10-13)11-22(19(15)25)5-8-30(9-6-22)21(27)29-12-17(24)31-16-4-7-28-20(26)18(16)23/h2-4,7,10,12,19H,5-6,8-9,11,24-25H2,1H3,(H2,26,28)(H2,27,29)/b17-12+. The van der Waals surface area contributed by atoms with Crippen LogP contribution in [0, 0.1) is 12.3 Å². The average molecular weight is 458 g/mol. The monoisotopic (exact) mass is 457 g/mol. The topological polar surface area (TPSA) is 133 Å². The van der Waals surface area contributed by atoms with Crippen molar-refractivity contribution in [2.24, 2.45) is 27.6 Å². The van der Waals surface area contributed by atoms with Crippen LogP contribution in [-0.2, 0) is 6.42 Å². The molecule has 7 nitrogen and oxygen atoms in total. The van der Waals surface area contributed by atoms with Crippen molar-refractivity contribution in [1.29, 1.82) is 0 Å². The third kappa shape index (κ3) is 4.33. The molecule has 1 aromatic heterocycles. The SMILES string of the molecule is Cc1ccc2c(c1)CC1(CCN(C(N)=N/C=C(\N)Sc3ccnc(N)c3Cl)CC1)C2N. The highest BCUT2D eigenvalue weighted by Gasteiger charge is 2.46. The van der Waals surface area contributed by atoms with Crippen LogP contribution in [0.4, 0.5) is 5.82 Å². The van der Waals surface area contributed by atoms with Crippen molar-refractivity contribution >= 4 is 35.1 Å². The van der Waals surface area contributed by atoms with Gasteiger partial charge in [-0.2, -0.15) is 0 Å². The number of rotatable bonds is 3. The van der Waals surface area contributed by atoms with Crippen LogP contribution in [0.3, 0.4) is 0 Å². The summed E-state index contributed by atoms with van der Waals surface area (Å²) in [6.07, 6.45) is 6.15. The zero-order chi connectivity index (χ0) is 22.2. The van der Waals surface area contributed by atoms with Crippen LogP contribution in [0.15, 0.2) is 51.6 Å². The van der Waals surface area contributed by atoms with Crippen LogP contribution in [-0.4, -0.2) is 28.9 Å². The lowest BCUT2D eigenvalue weighted by atomic mass is 9.73. The predicted molar refractivity (Wildman–Crippen MR) is 128 cm³/mol. The number of benzene rings is 1. The van der Waals surface area contributed by atoms with E-state index < -0.39 is 0 Å². The number of guanidine groups is 1. The van der Waals surface area contributed by atoms with Crippen molar-refractivity contribution < 1.29 is 0 Å². The van der Waals surface area contributed by atoms with Gasteiger partial charge in [-0.3, -0.25) is 0 Å². The third-order valence-electron chi connectivity index (χ3n) is 6.35. The van der Waals surface area contributed by atoms with Crippen LogP contribution in [0.1, 0.15) is 35.6 Å². The quantitative estimate of drug-likeness (QED) is 0.316. The zero-order valence-electron chi connectivity index (χ0n) is 17.5. The number of likely N-dealkylation sites (tertiary alicyclic amines) is 1. The van der Waals surface area contributed by atoms with Crippen LogP contribution in [0.5, 0.6) is 0 Å². The van der Waals surface area contributed by atoms with Crippen LogP contribution < -0.4 is 22.9 Å². The molecule has 1 atom stereocenters. The van der Waals surface area contributed by atoms with E-state index in [1.165, 1.54) is 28.5 Å². The molecule has 0 saturated carbocycles. The molecule has 2 heterocycles. The minimum atomic E-state index is 0.0768. The van der Waals surface area contributed by atoms with Crippen molar-refractivity contribution in [2.75, 3.05) is 18.8 Å².